The Morgan fingerprint density at radius 2 is 2.38 bits per heavy atom. The van der Waals surface area contributed by atoms with Gasteiger partial charge in [-0.05, 0) is 7.05 Å². The molecule has 0 bridgehead atoms. The summed E-state index contributed by atoms with van der Waals surface area (Å²) in [7, 11) is 3.71. The number of likely N-dealkylation sites (N-methyl/N-ethyl adjacent to an activating group) is 1. The largest absolute Gasteiger partial charge is 0.383 e. The van der Waals surface area contributed by atoms with Crippen LogP contribution in [-0.4, -0.2) is 55.3 Å². The molecule has 1 aromatic heterocycles. The molecule has 0 fully saturated rings. The van der Waals surface area contributed by atoms with Crippen LogP contribution in [0.4, 0.5) is 5.82 Å². The van der Waals surface area contributed by atoms with Gasteiger partial charge in [-0.2, -0.15) is 0 Å². The monoisotopic (exact) mass is 226 g/mol. The van der Waals surface area contributed by atoms with Gasteiger partial charge in [0, 0.05) is 32.8 Å². The van der Waals surface area contributed by atoms with E-state index < -0.39 is 0 Å². The van der Waals surface area contributed by atoms with Gasteiger partial charge in [0.2, 0.25) is 0 Å². The van der Waals surface area contributed by atoms with Gasteiger partial charge in [-0.1, -0.05) is 0 Å². The van der Waals surface area contributed by atoms with Crippen molar-refractivity contribution < 1.29 is 4.74 Å². The minimum absolute atomic E-state index is 0.148. The molecule has 16 heavy (non-hydrogen) atoms. The number of ether oxygens (including phenoxy) is 1. The Hall–Kier alpha value is -1.40. The molecule has 0 amide bonds. The van der Waals surface area contributed by atoms with Crippen molar-refractivity contribution in [3.8, 4) is 0 Å². The molecule has 0 radical (unpaired) electrons. The number of aromatic nitrogens is 2. The first-order chi connectivity index (χ1) is 7.72. The summed E-state index contributed by atoms with van der Waals surface area (Å²) < 4.78 is 4.97. The second-order valence-corrected chi connectivity index (χ2v) is 3.52. The lowest BCUT2D eigenvalue weighted by atomic mass is 10.5. The highest BCUT2D eigenvalue weighted by Gasteiger charge is 1.98. The van der Waals surface area contributed by atoms with Crippen LogP contribution in [0.15, 0.2) is 17.2 Å². The molecule has 2 N–H and O–H groups in total. The van der Waals surface area contributed by atoms with E-state index in [-0.39, 0.29) is 5.56 Å². The molecule has 1 aromatic rings. The van der Waals surface area contributed by atoms with Crippen LogP contribution in [0.2, 0.25) is 0 Å². The van der Waals surface area contributed by atoms with Crippen LogP contribution in [0.3, 0.4) is 0 Å². The van der Waals surface area contributed by atoms with E-state index in [1.54, 1.807) is 7.11 Å². The predicted molar refractivity (Wildman–Crippen MR) is 62.7 cm³/mol. The van der Waals surface area contributed by atoms with Gasteiger partial charge in [0.05, 0.1) is 12.9 Å². The van der Waals surface area contributed by atoms with Crippen molar-refractivity contribution in [3.63, 3.8) is 0 Å². The lowest BCUT2D eigenvalue weighted by Gasteiger charge is -2.16. The van der Waals surface area contributed by atoms with Gasteiger partial charge in [-0.15, -0.1) is 0 Å². The van der Waals surface area contributed by atoms with Gasteiger partial charge >= 0.3 is 0 Å². The summed E-state index contributed by atoms with van der Waals surface area (Å²) in [6, 6.07) is 1.44. The van der Waals surface area contributed by atoms with Crippen LogP contribution < -0.4 is 10.9 Å². The van der Waals surface area contributed by atoms with Crippen molar-refractivity contribution in [2.24, 2.45) is 0 Å². The fourth-order valence-corrected chi connectivity index (χ4v) is 1.20. The lowest BCUT2D eigenvalue weighted by Crippen LogP contribution is -2.28. The average molecular weight is 226 g/mol. The molecule has 0 spiro atoms. The number of methoxy groups -OCH3 is 1. The van der Waals surface area contributed by atoms with Crippen molar-refractivity contribution >= 4 is 5.82 Å². The van der Waals surface area contributed by atoms with E-state index >= 15 is 0 Å². The molecule has 0 aliphatic rings. The zero-order chi connectivity index (χ0) is 11.8. The van der Waals surface area contributed by atoms with E-state index in [1.165, 1.54) is 12.4 Å². The number of H-pyrrole nitrogens is 1. The van der Waals surface area contributed by atoms with Gasteiger partial charge in [-0.25, -0.2) is 4.98 Å². The van der Waals surface area contributed by atoms with Crippen LogP contribution in [0.25, 0.3) is 0 Å². The van der Waals surface area contributed by atoms with E-state index in [2.05, 4.69) is 20.2 Å². The third-order valence-corrected chi connectivity index (χ3v) is 2.16. The smallest absolute Gasteiger partial charge is 0.252 e. The number of hydrogen-bond acceptors (Lipinski definition) is 5. The van der Waals surface area contributed by atoms with Gasteiger partial charge < -0.3 is 19.9 Å². The molecule has 90 valence electrons. The van der Waals surface area contributed by atoms with E-state index in [4.69, 9.17) is 4.74 Å². The van der Waals surface area contributed by atoms with Gasteiger partial charge in [0.15, 0.2) is 0 Å². The predicted octanol–water partition coefficient (Wildman–Crippen LogP) is -0.240. The molecule has 0 saturated heterocycles. The first-order valence-electron chi connectivity index (χ1n) is 5.18. The average Bonchev–Trinajstić information content (AvgIpc) is 2.26. The third-order valence-electron chi connectivity index (χ3n) is 2.16. The highest BCUT2D eigenvalue weighted by Crippen LogP contribution is 1.93. The van der Waals surface area contributed by atoms with E-state index in [0.717, 1.165) is 26.2 Å². The molecule has 0 unspecified atom stereocenters. The normalized spacial score (nSPS) is 10.7. The fraction of sp³-hybridized carbons (Fsp3) is 0.600. The number of nitrogens with one attached hydrogen (secondary N) is 2. The molecule has 0 saturated carbocycles. The highest BCUT2D eigenvalue weighted by atomic mass is 16.5. The topological polar surface area (TPSA) is 70.2 Å². The van der Waals surface area contributed by atoms with E-state index in [0.29, 0.717) is 5.82 Å². The molecule has 0 atom stereocenters. The number of hydrogen-bond donors (Lipinski definition) is 2. The minimum atomic E-state index is -0.148. The van der Waals surface area contributed by atoms with E-state index in [9.17, 15) is 4.79 Å². The molecule has 1 heterocycles. The minimum Gasteiger partial charge on any atom is -0.383 e. The molecular weight excluding hydrogens is 208 g/mol. The zero-order valence-corrected chi connectivity index (χ0v) is 9.69. The van der Waals surface area contributed by atoms with Crippen LogP contribution >= 0.6 is 0 Å². The van der Waals surface area contributed by atoms with Gasteiger partial charge in [-0.3, -0.25) is 4.79 Å². The second kappa shape index (κ2) is 6.97. The molecule has 0 aromatic carbocycles. The van der Waals surface area contributed by atoms with Gasteiger partial charge in [0.1, 0.15) is 5.82 Å². The van der Waals surface area contributed by atoms with Crippen LogP contribution in [0, 0.1) is 0 Å². The number of anilines is 1. The molecule has 6 heteroatoms. The van der Waals surface area contributed by atoms with Crippen molar-refractivity contribution in [2.45, 2.75) is 0 Å². The highest BCUT2D eigenvalue weighted by molar-refractivity contribution is 5.31. The Balaban J connectivity index is 2.22. The standard InChI is InChI=1S/C10H18N4O2/c1-14(5-6-16-2)4-3-11-9-7-10(15)13-8-12-9/h7-8H,3-6H2,1-2H3,(H2,11,12,13,15). The second-order valence-electron chi connectivity index (χ2n) is 3.52. The number of rotatable bonds is 7. The van der Waals surface area contributed by atoms with Crippen LogP contribution in [-0.2, 0) is 4.74 Å². The Labute approximate surface area is 94.6 Å². The summed E-state index contributed by atoms with van der Waals surface area (Å²) in [5.41, 5.74) is -0.148. The fourth-order valence-electron chi connectivity index (χ4n) is 1.20. The number of nitrogens with zero attached hydrogens (tertiary/aromatic N) is 2. The molecule has 1 rings (SSSR count). The summed E-state index contributed by atoms with van der Waals surface area (Å²) in [4.78, 5) is 19.6. The maximum atomic E-state index is 11.0. The first kappa shape index (κ1) is 12.7. The van der Waals surface area contributed by atoms with E-state index in [1.807, 2.05) is 7.05 Å². The Kier molecular flexibility index (Phi) is 5.52. The van der Waals surface area contributed by atoms with Crippen molar-refractivity contribution in [1.82, 2.24) is 14.9 Å². The lowest BCUT2D eigenvalue weighted by molar-refractivity contribution is 0.163. The molecule has 0 aliphatic heterocycles. The summed E-state index contributed by atoms with van der Waals surface area (Å²) in [6.07, 6.45) is 1.39. The quantitative estimate of drug-likeness (QED) is 0.671. The molecule has 0 aliphatic carbocycles. The zero-order valence-electron chi connectivity index (χ0n) is 9.69. The van der Waals surface area contributed by atoms with Gasteiger partial charge in [0.25, 0.3) is 5.56 Å². The Morgan fingerprint density at radius 3 is 3.06 bits per heavy atom. The Morgan fingerprint density at radius 1 is 1.56 bits per heavy atom. The Bertz CT molecular complexity index is 353. The number of aromatic amines is 1. The summed E-state index contributed by atoms with van der Waals surface area (Å²) in [5, 5.41) is 3.08. The molecule has 6 nitrogen and oxygen atoms in total. The SMILES string of the molecule is COCCN(C)CCNc1cc(=O)[nH]cn1. The summed E-state index contributed by atoms with van der Waals surface area (Å²) >= 11 is 0. The third kappa shape index (κ3) is 4.90. The summed E-state index contributed by atoms with van der Waals surface area (Å²) in [6.45, 7) is 3.23. The summed E-state index contributed by atoms with van der Waals surface area (Å²) in [5.74, 6) is 0.601. The van der Waals surface area contributed by atoms with Crippen molar-refractivity contribution in [3.05, 3.63) is 22.7 Å². The first-order valence-corrected chi connectivity index (χ1v) is 5.18. The van der Waals surface area contributed by atoms with Crippen molar-refractivity contribution in [2.75, 3.05) is 45.7 Å². The molecular formula is C10H18N4O2. The maximum absolute atomic E-state index is 11.0. The van der Waals surface area contributed by atoms with Crippen LogP contribution in [0.5, 0.6) is 0 Å². The maximum Gasteiger partial charge on any atom is 0.252 e. The van der Waals surface area contributed by atoms with Crippen molar-refractivity contribution in [1.29, 1.82) is 0 Å². The van der Waals surface area contributed by atoms with Crippen LogP contribution in [0.1, 0.15) is 0 Å².